The van der Waals surface area contributed by atoms with Crippen molar-refractivity contribution in [3.05, 3.63) is 23.8 Å². The molecule has 1 heterocycles. The SMILES string of the molecule is COc1ccc(C(=O)N2CCOCC2)cc1NC(=O)NC(C)(C)CCC(=O)O. The summed E-state index contributed by atoms with van der Waals surface area (Å²) in [7, 11) is 1.47. The van der Waals surface area contributed by atoms with Gasteiger partial charge in [0.2, 0.25) is 0 Å². The van der Waals surface area contributed by atoms with Gasteiger partial charge in [-0.1, -0.05) is 0 Å². The van der Waals surface area contributed by atoms with Crippen molar-refractivity contribution in [2.24, 2.45) is 0 Å². The number of ether oxygens (including phenoxy) is 2. The molecule has 9 nitrogen and oxygen atoms in total. The average molecular weight is 393 g/mol. The molecule has 0 atom stereocenters. The van der Waals surface area contributed by atoms with Crippen LogP contribution >= 0.6 is 0 Å². The van der Waals surface area contributed by atoms with E-state index in [0.29, 0.717) is 43.3 Å². The highest BCUT2D eigenvalue weighted by Crippen LogP contribution is 2.26. The number of nitrogens with zero attached hydrogens (tertiary/aromatic N) is 1. The maximum atomic E-state index is 12.7. The highest BCUT2D eigenvalue weighted by Gasteiger charge is 2.23. The van der Waals surface area contributed by atoms with E-state index in [1.54, 1.807) is 36.9 Å². The highest BCUT2D eigenvalue weighted by atomic mass is 16.5. The highest BCUT2D eigenvalue weighted by molar-refractivity contribution is 5.98. The summed E-state index contributed by atoms with van der Waals surface area (Å²) in [6, 6.07) is 4.33. The van der Waals surface area contributed by atoms with Crippen molar-refractivity contribution < 1.29 is 29.0 Å². The van der Waals surface area contributed by atoms with Gasteiger partial charge in [-0.15, -0.1) is 0 Å². The molecule has 0 spiro atoms. The van der Waals surface area contributed by atoms with Gasteiger partial charge in [-0.05, 0) is 38.5 Å². The third kappa shape index (κ3) is 6.12. The first-order valence-electron chi connectivity index (χ1n) is 9.08. The predicted octanol–water partition coefficient (Wildman–Crippen LogP) is 1.93. The maximum Gasteiger partial charge on any atom is 0.319 e. The number of hydrogen-bond acceptors (Lipinski definition) is 5. The van der Waals surface area contributed by atoms with E-state index in [0.717, 1.165) is 0 Å². The topological polar surface area (TPSA) is 117 Å². The van der Waals surface area contributed by atoms with Crippen LogP contribution < -0.4 is 15.4 Å². The van der Waals surface area contributed by atoms with Crippen molar-refractivity contribution in [1.82, 2.24) is 10.2 Å². The van der Waals surface area contributed by atoms with Gasteiger partial charge in [0.25, 0.3) is 5.91 Å². The average Bonchev–Trinajstić information content (AvgIpc) is 2.66. The lowest BCUT2D eigenvalue weighted by Gasteiger charge is -2.27. The van der Waals surface area contributed by atoms with Crippen molar-refractivity contribution in [1.29, 1.82) is 0 Å². The quantitative estimate of drug-likeness (QED) is 0.652. The molecule has 1 saturated heterocycles. The summed E-state index contributed by atoms with van der Waals surface area (Å²) in [6.07, 6.45) is 0.225. The van der Waals surface area contributed by atoms with Crippen LogP contribution in [0, 0.1) is 0 Å². The lowest BCUT2D eigenvalue weighted by Crippen LogP contribution is -2.45. The number of carbonyl (C=O) groups is 3. The van der Waals surface area contributed by atoms with Gasteiger partial charge >= 0.3 is 12.0 Å². The Bertz CT molecular complexity index is 728. The van der Waals surface area contributed by atoms with Gasteiger partial charge in [-0.2, -0.15) is 0 Å². The zero-order chi connectivity index (χ0) is 20.7. The van der Waals surface area contributed by atoms with E-state index in [2.05, 4.69) is 10.6 Å². The van der Waals surface area contributed by atoms with E-state index in [4.69, 9.17) is 14.6 Å². The van der Waals surface area contributed by atoms with E-state index in [1.807, 2.05) is 0 Å². The number of rotatable bonds is 7. The van der Waals surface area contributed by atoms with Gasteiger partial charge in [-0.3, -0.25) is 9.59 Å². The molecule has 3 N–H and O–H groups in total. The molecular formula is C19H27N3O6. The molecule has 1 aliphatic rings. The van der Waals surface area contributed by atoms with E-state index >= 15 is 0 Å². The number of methoxy groups -OCH3 is 1. The predicted molar refractivity (Wildman–Crippen MR) is 103 cm³/mol. The smallest absolute Gasteiger partial charge is 0.319 e. The molecule has 0 aliphatic carbocycles. The molecule has 0 unspecified atom stereocenters. The third-order valence-corrected chi connectivity index (χ3v) is 4.41. The van der Waals surface area contributed by atoms with Gasteiger partial charge in [0, 0.05) is 30.6 Å². The van der Waals surface area contributed by atoms with Crippen molar-refractivity contribution in [2.75, 3.05) is 38.7 Å². The number of carboxylic acids is 1. The maximum absolute atomic E-state index is 12.7. The van der Waals surface area contributed by atoms with E-state index < -0.39 is 17.5 Å². The van der Waals surface area contributed by atoms with Crippen LogP contribution in [0.3, 0.4) is 0 Å². The number of amides is 3. The summed E-state index contributed by atoms with van der Waals surface area (Å²) in [6.45, 7) is 5.52. The van der Waals surface area contributed by atoms with E-state index in [9.17, 15) is 14.4 Å². The molecule has 28 heavy (non-hydrogen) atoms. The molecule has 2 rings (SSSR count). The zero-order valence-corrected chi connectivity index (χ0v) is 16.4. The summed E-state index contributed by atoms with van der Waals surface area (Å²) >= 11 is 0. The molecule has 0 bridgehead atoms. The fourth-order valence-corrected chi connectivity index (χ4v) is 2.83. The summed E-state index contributed by atoms with van der Waals surface area (Å²) in [5.41, 5.74) is 0.0769. The van der Waals surface area contributed by atoms with Crippen LogP contribution in [0.2, 0.25) is 0 Å². The first kappa shape index (κ1) is 21.5. The normalized spacial score (nSPS) is 14.3. The number of morpholine rings is 1. The fourth-order valence-electron chi connectivity index (χ4n) is 2.83. The Hall–Kier alpha value is -2.81. The number of aliphatic carboxylic acids is 1. The minimum Gasteiger partial charge on any atom is -0.495 e. The summed E-state index contributed by atoms with van der Waals surface area (Å²) < 4.78 is 10.5. The molecule has 0 radical (unpaired) electrons. The molecule has 154 valence electrons. The molecular weight excluding hydrogens is 366 g/mol. The molecule has 3 amide bonds. The zero-order valence-electron chi connectivity index (χ0n) is 16.4. The Morgan fingerprint density at radius 2 is 1.93 bits per heavy atom. The monoisotopic (exact) mass is 393 g/mol. The van der Waals surface area contributed by atoms with Gasteiger partial charge in [0.1, 0.15) is 5.75 Å². The largest absolute Gasteiger partial charge is 0.495 e. The Morgan fingerprint density at radius 3 is 2.54 bits per heavy atom. The third-order valence-electron chi connectivity index (χ3n) is 4.41. The molecule has 0 aromatic heterocycles. The van der Waals surface area contributed by atoms with E-state index in [-0.39, 0.29) is 18.7 Å². The second kappa shape index (κ2) is 9.41. The first-order chi connectivity index (χ1) is 13.2. The Balaban J connectivity index is 2.09. The standard InChI is InChI=1S/C19H27N3O6/c1-19(2,7-6-16(23)24)21-18(26)20-14-12-13(4-5-15(14)27-3)17(25)22-8-10-28-11-9-22/h4-5,12H,6-11H2,1-3H3,(H,23,24)(H2,20,21,26). The Morgan fingerprint density at radius 1 is 1.25 bits per heavy atom. The summed E-state index contributed by atoms with van der Waals surface area (Å²) in [4.78, 5) is 37.5. The van der Waals surface area contributed by atoms with Crippen LogP contribution in [0.25, 0.3) is 0 Å². The van der Waals surface area contributed by atoms with Crippen LogP contribution in [-0.2, 0) is 9.53 Å². The van der Waals surface area contributed by atoms with E-state index in [1.165, 1.54) is 7.11 Å². The number of nitrogens with one attached hydrogen (secondary N) is 2. The Labute approximate surface area is 164 Å². The minimum absolute atomic E-state index is 0.0554. The minimum atomic E-state index is -0.925. The van der Waals surface area contributed by atoms with Gasteiger partial charge in [-0.25, -0.2) is 4.79 Å². The number of anilines is 1. The Kier molecular flexibility index (Phi) is 7.22. The van der Waals surface area contributed by atoms with Crippen LogP contribution in [0.1, 0.15) is 37.0 Å². The number of benzene rings is 1. The number of carbonyl (C=O) groups excluding carboxylic acids is 2. The molecule has 1 aromatic carbocycles. The van der Waals surface area contributed by atoms with Crippen molar-refractivity contribution in [2.45, 2.75) is 32.2 Å². The van der Waals surface area contributed by atoms with Crippen LogP contribution in [0.5, 0.6) is 5.75 Å². The van der Waals surface area contributed by atoms with Crippen molar-refractivity contribution in [3.63, 3.8) is 0 Å². The van der Waals surface area contributed by atoms with Crippen LogP contribution in [0.4, 0.5) is 10.5 Å². The summed E-state index contributed by atoms with van der Waals surface area (Å²) in [5, 5.41) is 14.2. The number of hydrogen-bond donors (Lipinski definition) is 3. The first-order valence-corrected chi connectivity index (χ1v) is 9.08. The van der Waals surface area contributed by atoms with Crippen LogP contribution in [-0.4, -0.2) is 66.9 Å². The molecule has 1 aliphatic heterocycles. The second-order valence-electron chi connectivity index (χ2n) is 7.18. The molecule has 1 aromatic rings. The second-order valence-corrected chi connectivity index (χ2v) is 7.18. The lowest BCUT2D eigenvalue weighted by atomic mass is 9.99. The number of urea groups is 1. The number of carboxylic acid groups (broad SMARTS) is 1. The van der Waals surface area contributed by atoms with Gasteiger partial charge in [0.05, 0.1) is 26.0 Å². The molecule has 0 saturated carbocycles. The summed E-state index contributed by atoms with van der Waals surface area (Å²) in [5.74, 6) is -0.653. The molecule has 1 fully saturated rings. The van der Waals surface area contributed by atoms with Gasteiger partial charge in [0.15, 0.2) is 0 Å². The lowest BCUT2D eigenvalue weighted by molar-refractivity contribution is -0.137. The van der Waals surface area contributed by atoms with Gasteiger partial charge < -0.3 is 30.1 Å². The fraction of sp³-hybridized carbons (Fsp3) is 0.526. The van der Waals surface area contributed by atoms with Crippen LogP contribution in [0.15, 0.2) is 18.2 Å². The molecule has 9 heteroatoms. The van der Waals surface area contributed by atoms with Crippen molar-refractivity contribution >= 4 is 23.6 Å². The van der Waals surface area contributed by atoms with Crippen molar-refractivity contribution in [3.8, 4) is 5.75 Å².